The summed E-state index contributed by atoms with van der Waals surface area (Å²) in [5, 5.41) is 13.9. The molecule has 0 aliphatic carbocycles. The lowest BCUT2D eigenvalue weighted by molar-refractivity contribution is -0.384. The largest absolute Gasteiger partial charge is 0.463 e. The zero-order chi connectivity index (χ0) is 21.7. The van der Waals surface area contributed by atoms with E-state index in [2.05, 4.69) is 42.3 Å². The summed E-state index contributed by atoms with van der Waals surface area (Å²) < 4.78 is 6.54. The number of rotatable bonds is 4. The first-order valence-corrected chi connectivity index (χ1v) is 9.94. The maximum atomic E-state index is 11.1. The summed E-state index contributed by atoms with van der Waals surface area (Å²) in [6.45, 7) is 6.41. The fourth-order valence-corrected chi connectivity index (χ4v) is 4.50. The Morgan fingerprint density at radius 2 is 2.00 bits per heavy atom. The number of amides is 1. The first kappa shape index (κ1) is 19.9. The summed E-state index contributed by atoms with van der Waals surface area (Å²) in [5.41, 5.74) is 3.02. The molecule has 0 bridgehead atoms. The van der Waals surface area contributed by atoms with E-state index in [0.29, 0.717) is 17.9 Å². The number of anilines is 1. The smallest absolute Gasteiger partial charge is 0.270 e. The van der Waals surface area contributed by atoms with E-state index in [1.165, 1.54) is 24.6 Å². The molecule has 1 N–H and O–H groups in total. The maximum absolute atomic E-state index is 11.1. The van der Waals surface area contributed by atoms with Crippen molar-refractivity contribution in [2.45, 2.75) is 38.3 Å². The van der Waals surface area contributed by atoms with Crippen LogP contribution >= 0.6 is 0 Å². The second kappa shape index (κ2) is 6.86. The first-order valence-electron chi connectivity index (χ1n) is 9.94. The third kappa shape index (κ3) is 2.93. The van der Waals surface area contributed by atoms with Gasteiger partial charge in [-0.25, -0.2) is 0 Å². The molecule has 1 atom stereocenters. The highest BCUT2D eigenvalue weighted by Gasteiger charge is 2.57. The molecule has 0 aromatic heterocycles. The third-order valence-electron chi connectivity index (χ3n) is 6.24. The lowest BCUT2D eigenvalue weighted by atomic mass is 9.76. The van der Waals surface area contributed by atoms with Crippen LogP contribution in [0.3, 0.4) is 0 Å². The number of hydrogen-bond donors (Lipinski definition) is 1. The second-order valence-electron chi connectivity index (χ2n) is 8.38. The predicted molar refractivity (Wildman–Crippen MR) is 116 cm³/mol. The molecule has 7 heteroatoms. The Balaban J connectivity index is 1.69. The fraction of sp³-hybridized carbons (Fsp3) is 0.348. The molecule has 30 heavy (non-hydrogen) atoms. The van der Waals surface area contributed by atoms with Crippen LogP contribution in [-0.4, -0.2) is 30.1 Å². The Bertz CT molecular complexity index is 1080. The van der Waals surface area contributed by atoms with Crippen molar-refractivity contribution in [3.05, 3.63) is 69.3 Å². The van der Waals surface area contributed by atoms with E-state index >= 15 is 0 Å². The molecule has 0 fully saturated rings. The van der Waals surface area contributed by atoms with Gasteiger partial charge in [0.05, 0.1) is 10.3 Å². The molecule has 2 aromatic carbocycles. The van der Waals surface area contributed by atoms with Crippen molar-refractivity contribution in [2.24, 2.45) is 0 Å². The topological polar surface area (TPSA) is 84.7 Å². The van der Waals surface area contributed by atoms with Gasteiger partial charge in [0.2, 0.25) is 11.6 Å². The van der Waals surface area contributed by atoms with Gasteiger partial charge in [0.15, 0.2) is 0 Å². The monoisotopic (exact) mass is 407 g/mol. The number of nitrogens with zero attached hydrogens (tertiary/aromatic N) is 2. The highest BCUT2D eigenvalue weighted by Crippen LogP contribution is 2.54. The Labute approximate surface area is 175 Å². The van der Waals surface area contributed by atoms with Gasteiger partial charge in [0, 0.05) is 43.9 Å². The number of ether oxygens (including phenoxy) is 1. The van der Waals surface area contributed by atoms with Gasteiger partial charge in [-0.15, -0.1) is 0 Å². The van der Waals surface area contributed by atoms with E-state index in [1.54, 1.807) is 6.07 Å². The van der Waals surface area contributed by atoms with Crippen LogP contribution in [0.2, 0.25) is 0 Å². The van der Waals surface area contributed by atoms with E-state index in [4.69, 9.17) is 4.74 Å². The van der Waals surface area contributed by atoms with Gasteiger partial charge in [0.25, 0.3) is 5.69 Å². The summed E-state index contributed by atoms with van der Waals surface area (Å²) >= 11 is 0. The van der Waals surface area contributed by atoms with Crippen molar-refractivity contribution < 1.29 is 14.5 Å². The highest BCUT2D eigenvalue weighted by molar-refractivity contribution is 5.74. The second-order valence-corrected chi connectivity index (χ2v) is 8.38. The molecule has 156 valence electrons. The summed E-state index contributed by atoms with van der Waals surface area (Å²) in [4.78, 5) is 24.0. The number of nitro benzene ring substituents is 1. The van der Waals surface area contributed by atoms with Crippen molar-refractivity contribution in [3.8, 4) is 5.75 Å². The maximum Gasteiger partial charge on any atom is 0.270 e. The molecule has 0 saturated carbocycles. The van der Waals surface area contributed by atoms with Crippen molar-refractivity contribution in [2.75, 3.05) is 18.5 Å². The summed E-state index contributed by atoms with van der Waals surface area (Å²) in [7, 11) is 2.01. The summed E-state index contributed by atoms with van der Waals surface area (Å²) in [6.07, 6.45) is 4.66. The fourth-order valence-electron chi connectivity index (χ4n) is 4.50. The minimum Gasteiger partial charge on any atom is -0.463 e. The zero-order valence-electron chi connectivity index (χ0n) is 17.6. The number of fused-ring (bicyclic) bond motifs is 2. The van der Waals surface area contributed by atoms with E-state index in [9.17, 15) is 14.9 Å². The van der Waals surface area contributed by atoms with Crippen LogP contribution in [0.1, 0.15) is 37.5 Å². The number of hydrogen-bond acceptors (Lipinski definition) is 5. The van der Waals surface area contributed by atoms with Gasteiger partial charge >= 0.3 is 0 Å². The van der Waals surface area contributed by atoms with E-state index in [-0.39, 0.29) is 17.0 Å². The Morgan fingerprint density at radius 1 is 1.23 bits per heavy atom. The standard InChI is InChI=1S/C23H25N3O4/c1-15(27)24-12-10-16-5-7-20-19(13-16)22(2,3)23(25(20)4)11-9-17-14-18(26(28)29)6-8-21(17)30-23/h5-9,11,13-14H,10,12H2,1-4H3,(H,24,27). The van der Waals surface area contributed by atoms with Gasteiger partial charge in [-0.05, 0) is 55.7 Å². The zero-order valence-corrected chi connectivity index (χ0v) is 17.6. The first-order chi connectivity index (χ1) is 14.2. The normalized spacial score (nSPS) is 20.5. The third-order valence-corrected chi connectivity index (χ3v) is 6.24. The molecule has 2 aromatic rings. The van der Waals surface area contributed by atoms with Gasteiger partial charge in [-0.1, -0.05) is 12.1 Å². The molecular weight excluding hydrogens is 382 g/mol. The Morgan fingerprint density at radius 3 is 2.70 bits per heavy atom. The van der Waals surface area contributed by atoms with Crippen LogP contribution in [0.15, 0.2) is 42.5 Å². The average Bonchev–Trinajstić information content (AvgIpc) is 2.85. The number of nitrogens with one attached hydrogen (secondary N) is 1. The minimum absolute atomic E-state index is 0.0326. The van der Waals surface area contributed by atoms with Crippen molar-refractivity contribution in [1.29, 1.82) is 0 Å². The molecule has 2 aliphatic rings. The molecule has 1 unspecified atom stereocenters. The highest BCUT2D eigenvalue weighted by atomic mass is 16.6. The van der Waals surface area contributed by atoms with Crippen LogP contribution in [0.25, 0.3) is 6.08 Å². The molecule has 1 amide bonds. The van der Waals surface area contributed by atoms with Gasteiger partial charge in [0.1, 0.15) is 5.75 Å². The molecule has 2 heterocycles. The van der Waals surface area contributed by atoms with E-state index in [0.717, 1.165) is 17.7 Å². The van der Waals surface area contributed by atoms with Gasteiger partial charge in [-0.3, -0.25) is 14.9 Å². The van der Waals surface area contributed by atoms with Crippen LogP contribution in [0.5, 0.6) is 5.75 Å². The minimum atomic E-state index is -0.741. The number of carbonyl (C=O) groups excluding carboxylic acids is 1. The Kier molecular flexibility index (Phi) is 4.56. The van der Waals surface area contributed by atoms with Crippen molar-refractivity contribution in [3.63, 3.8) is 0 Å². The van der Waals surface area contributed by atoms with Crippen LogP contribution in [-0.2, 0) is 16.6 Å². The van der Waals surface area contributed by atoms with E-state index < -0.39 is 10.6 Å². The molecule has 2 aliphatic heterocycles. The quantitative estimate of drug-likeness (QED) is 0.616. The molecule has 4 rings (SSSR count). The van der Waals surface area contributed by atoms with Crippen molar-refractivity contribution in [1.82, 2.24) is 5.32 Å². The number of nitro groups is 1. The number of non-ortho nitro benzene ring substituents is 1. The van der Waals surface area contributed by atoms with Crippen LogP contribution in [0.4, 0.5) is 11.4 Å². The van der Waals surface area contributed by atoms with Crippen molar-refractivity contribution >= 4 is 23.4 Å². The molecule has 1 spiro atoms. The SMILES string of the molecule is CC(=O)NCCc1ccc2c(c1)C(C)(C)C1(C=Cc3cc([N+](=O)[O-])ccc3O1)N2C. The van der Waals surface area contributed by atoms with E-state index in [1.807, 2.05) is 19.2 Å². The lowest BCUT2D eigenvalue weighted by Gasteiger charge is -2.45. The van der Waals surface area contributed by atoms with Crippen LogP contribution < -0.4 is 15.0 Å². The Hall–Kier alpha value is -3.35. The van der Waals surface area contributed by atoms with Gasteiger partial charge in [-0.2, -0.15) is 0 Å². The number of carbonyl (C=O) groups is 1. The number of likely N-dealkylation sites (N-methyl/N-ethyl adjacent to an activating group) is 1. The molecular formula is C23H25N3O4. The lowest BCUT2D eigenvalue weighted by Crippen LogP contribution is -2.58. The van der Waals surface area contributed by atoms with Gasteiger partial charge < -0.3 is 15.0 Å². The number of benzene rings is 2. The van der Waals surface area contributed by atoms with Crippen LogP contribution in [0, 0.1) is 10.1 Å². The summed E-state index contributed by atoms with van der Waals surface area (Å²) in [6, 6.07) is 11.0. The summed E-state index contributed by atoms with van der Waals surface area (Å²) in [5.74, 6) is 0.594. The molecule has 0 saturated heterocycles. The predicted octanol–water partition coefficient (Wildman–Crippen LogP) is 3.80. The molecule has 0 radical (unpaired) electrons. The average molecular weight is 407 g/mol. The molecule has 7 nitrogen and oxygen atoms in total.